The van der Waals surface area contributed by atoms with Crippen molar-refractivity contribution >= 4 is 5.91 Å². The van der Waals surface area contributed by atoms with Crippen LogP contribution in [0.5, 0.6) is 5.75 Å². The lowest BCUT2D eigenvalue weighted by Crippen LogP contribution is -2.17. The number of aryl methyl sites for hydroxylation is 1. The Hall–Kier alpha value is -2.64. The van der Waals surface area contributed by atoms with Gasteiger partial charge in [0.15, 0.2) is 0 Å². The third-order valence-corrected chi connectivity index (χ3v) is 3.54. The van der Waals surface area contributed by atoms with Crippen LogP contribution in [-0.4, -0.2) is 17.3 Å². The van der Waals surface area contributed by atoms with Crippen LogP contribution in [0.25, 0.3) is 0 Å². The zero-order valence-electron chi connectivity index (χ0n) is 12.8. The molecule has 0 aliphatic rings. The third-order valence-electron chi connectivity index (χ3n) is 3.54. The first kappa shape index (κ1) is 17.7. The molecule has 0 radical (unpaired) electrons. The van der Waals surface area contributed by atoms with Gasteiger partial charge in [-0.2, -0.15) is 0 Å². The molecule has 8 heteroatoms. The van der Waals surface area contributed by atoms with Crippen molar-refractivity contribution in [3.63, 3.8) is 0 Å². The summed E-state index contributed by atoms with van der Waals surface area (Å²) in [7, 11) is 0. The summed E-state index contributed by atoms with van der Waals surface area (Å²) in [6.45, 7) is 3.17. The van der Waals surface area contributed by atoms with E-state index in [2.05, 4.69) is 9.72 Å². The maximum Gasteiger partial charge on any atom is 0.573 e. The maximum absolute atomic E-state index is 14.0. The van der Waals surface area contributed by atoms with E-state index in [1.807, 2.05) is 0 Å². The van der Waals surface area contributed by atoms with Crippen molar-refractivity contribution in [2.24, 2.45) is 5.73 Å². The normalized spacial score (nSPS) is 12.8. The van der Waals surface area contributed by atoms with E-state index < -0.39 is 29.8 Å². The highest BCUT2D eigenvalue weighted by Gasteiger charge is 2.31. The van der Waals surface area contributed by atoms with Crippen LogP contribution in [0.4, 0.5) is 17.6 Å². The number of rotatable bonds is 4. The molecule has 1 atom stereocenters. The largest absolute Gasteiger partial charge is 0.573 e. The second kappa shape index (κ2) is 6.46. The number of nitrogens with two attached hydrogens (primary N) is 1. The van der Waals surface area contributed by atoms with Gasteiger partial charge in [0.1, 0.15) is 11.6 Å². The van der Waals surface area contributed by atoms with Crippen LogP contribution >= 0.6 is 0 Å². The van der Waals surface area contributed by atoms with E-state index in [1.165, 1.54) is 12.3 Å². The van der Waals surface area contributed by atoms with Gasteiger partial charge in [0.05, 0.1) is 5.56 Å². The summed E-state index contributed by atoms with van der Waals surface area (Å²) in [5.74, 6) is -2.57. The Kier molecular flexibility index (Phi) is 4.77. The number of pyridine rings is 1. The van der Waals surface area contributed by atoms with Crippen LogP contribution in [0, 0.1) is 12.7 Å². The summed E-state index contributed by atoms with van der Waals surface area (Å²) in [6.07, 6.45) is -3.45. The Morgan fingerprint density at radius 2 is 1.96 bits per heavy atom. The van der Waals surface area contributed by atoms with Gasteiger partial charge in [-0.25, -0.2) is 4.39 Å². The molecular formula is C16H14F4N2O2. The standard InChI is InChI=1S/C16H14F4N2O2/c1-8(10-5-13(15(21)23)9(2)22-7-10)12-6-11(3-4-14(12)17)24-16(18,19)20/h3-8H,1-2H3,(H2,21,23). The van der Waals surface area contributed by atoms with Crippen molar-refractivity contribution in [3.8, 4) is 5.75 Å². The molecule has 0 spiro atoms. The molecule has 1 unspecified atom stereocenters. The Labute approximate surface area is 135 Å². The minimum absolute atomic E-state index is 0.0159. The minimum atomic E-state index is -4.87. The van der Waals surface area contributed by atoms with Gasteiger partial charge in [0.25, 0.3) is 5.91 Å². The number of benzene rings is 1. The predicted octanol–water partition coefficient (Wildman–Crippen LogP) is 3.68. The number of carbonyl (C=O) groups is 1. The Morgan fingerprint density at radius 1 is 1.29 bits per heavy atom. The fraction of sp³-hybridized carbons (Fsp3) is 0.250. The van der Waals surface area contributed by atoms with E-state index in [1.54, 1.807) is 13.8 Å². The number of hydrogen-bond donors (Lipinski definition) is 1. The molecule has 0 bridgehead atoms. The van der Waals surface area contributed by atoms with Crippen LogP contribution in [0.15, 0.2) is 30.5 Å². The summed E-state index contributed by atoms with van der Waals surface area (Å²) >= 11 is 0. The summed E-state index contributed by atoms with van der Waals surface area (Å²) in [5.41, 5.74) is 6.25. The molecule has 1 amide bonds. The van der Waals surface area contributed by atoms with E-state index in [9.17, 15) is 22.4 Å². The molecule has 2 rings (SSSR count). The average Bonchev–Trinajstić information content (AvgIpc) is 2.47. The second-order valence-corrected chi connectivity index (χ2v) is 5.22. The first-order valence-electron chi connectivity index (χ1n) is 6.90. The zero-order valence-corrected chi connectivity index (χ0v) is 12.8. The van der Waals surface area contributed by atoms with Gasteiger partial charge in [-0.3, -0.25) is 9.78 Å². The first-order valence-corrected chi connectivity index (χ1v) is 6.90. The Balaban J connectivity index is 2.42. The second-order valence-electron chi connectivity index (χ2n) is 5.22. The van der Waals surface area contributed by atoms with Crippen LogP contribution in [0.2, 0.25) is 0 Å². The lowest BCUT2D eigenvalue weighted by Gasteiger charge is -2.16. The molecule has 1 heterocycles. The van der Waals surface area contributed by atoms with Crippen molar-refractivity contribution in [1.82, 2.24) is 4.98 Å². The van der Waals surface area contributed by atoms with Gasteiger partial charge >= 0.3 is 6.36 Å². The van der Waals surface area contributed by atoms with E-state index in [0.717, 1.165) is 18.2 Å². The fourth-order valence-electron chi connectivity index (χ4n) is 2.27. The van der Waals surface area contributed by atoms with Crippen LogP contribution < -0.4 is 10.5 Å². The summed E-state index contributed by atoms with van der Waals surface area (Å²) < 4.78 is 54.8. The van der Waals surface area contributed by atoms with Crippen molar-refractivity contribution in [2.75, 3.05) is 0 Å². The molecule has 2 aromatic rings. The highest BCUT2D eigenvalue weighted by molar-refractivity contribution is 5.94. The maximum atomic E-state index is 14.0. The van der Waals surface area contributed by atoms with Crippen LogP contribution in [0.3, 0.4) is 0 Å². The first-order chi connectivity index (χ1) is 11.1. The van der Waals surface area contributed by atoms with E-state index >= 15 is 0 Å². The molecule has 0 aliphatic carbocycles. The molecule has 0 fully saturated rings. The molecule has 0 saturated carbocycles. The van der Waals surface area contributed by atoms with Gasteiger partial charge in [-0.15, -0.1) is 13.2 Å². The molecule has 4 nitrogen and oxygen atoms in total. The van der Waals surface area contributed by atoms with Crippen LogP contribution in [-0.2, 0) is 0 Å². The number of alkyl halides is 3. The Morgan fingerprint density at radius 3 is 2.54 bits per heavy atom. The van der Waals surface area contributed by atoms with Crippen molar-refractivity contribution in [3.05, 3.63) is 58.7 Å². The molecule has 1 aromatic carbocycles. The minimum Gasteiger partial charge on any atom is -0.406 e. The summed E-state index contributed by atoms with van der Waals surface area (Å²) in [4.78, 5) is 15.4. The van der Waals surface area contributed by atoms with Gasteiger partial charge in [0, 0.05) is 17.8 Å². The predicted molar refractivity (Wildman–Crippen MR) is 78.1 cm³/mol. The number of nitrogens with zero attached hydrogens (tertiary/aromatic N) is 1. The molecule has 1 aromatic heterocycles. The summed E-state index contributed by atoms with van der Waals surface area (Å²) in [6, 6.07) is 4.20. The molecule has 0 saturated heterocycles. The topological polar surface area (TPSA) is 65.2 Å². The average molecular weight is 342 g/mol. The van der Waals surface area contributed by atoms with E-state index in [4.69, 9.17) is 5.73 Å². The Bertz CT molecular complexity index is 775. The van der Waals surface area contributed by atoms with Crippen molar-refractivity contribution < 1.29 is 27.1 Å². The van der Waals surface area contributed by atoms with Gasteiger partial charge in [0.2, 0.25) is 0 Å². The van der Waals surface area contributed by atoms with Crippen molar-refractivity contribution in [2.45, 2.75) is 26.1 Å². The van der Waals surface area contributed by atoms with E-state index in [-0.39, 0.29) is 11.1 Å². The number of aromatic nitrogens is 1. The van der Waals surface area contributed by atoms with Gasteiger partial charge in [-0.1, -0.05) is 6.92 Å². The number of hydrogen-bond acceptors (Lipinski definition) is 3. The monoisotopic (exact) mass is 342 g/mol. The lowest BCUT2D eigenvalue weighted by atomic mass is 9.92. The summed E-state index contributed by atoms with van der Waals surface area (Å²) in [5, 5.41) is 0. The lowest BCUT2D eigenvalue weighted by molar-refractivity contribution is -0.274. The van der Waals surface area contributed by atoms with Gasteiger partial charge in [-0.05, 0) is 42.3 Å². The fourth-order valence-corrected chi connectivity index (χ4v) is 2.27. The third kappa shape index (κ3) is 4.01. The molecule has 2 N–H and O–H groups in total. The van der Waals surface area contributed by atoms with Gasteiger partial charge < -0.3 is 10.5 Å². The number of halogens is 4. The van der Waals surface area contributed by atoms with E-state index in [0.29, 0.717) is 11.3 Å². The zero-order chi connectivity index (χ0) is 18.1. The molecule has 0 aliphatic heterocycles. The SMILES string of the molecule is Cc1ncc(C(C)c2cc(OC(F)(F)F)ccc2F)cc1C(N)=O. The highest BCUT2D eigenvalue weighted by Crippen LogP contribution is 2.31. The van der Waals surface area contributed by atoms with Crippen molar-refractivity contribution in [1.29, 1.82) is 0 Å². The quantitative estimate of drug-likeness (QED) is 0.862. The number of amides is 1. The molecule has 24 heavy (non-hydrogen) atoms. The van der Waals surface area contributed by atoms with Crippen LogP contribution in [0.1, 0.15) is 40.0 Å². The number of ether oxygens (including phenoxy) is 1. The smallest absolute Gasteiger partial charge is 0.406 e. The highest BCUT2D eigenvalue weighted by atomic mass is 19.4. The molecule has 128 valence electrons. The number of primary amides is 1. The molecular weight excluding hydrogens is 328 g/mol. The number of carbonyl (C=O) groups excluding carboxylic acids is 1.